The van der Waals surface area contributed by atoms with Gasteiger partial charge in [0, 0.05) is 11.6 Å². The number of rotatable bonds is 2. The number of pyridine rings is 1. The zero-order valence-corrected chi connectivity index (χ0v) is 9.45. The average molecular weight is 260 g/mol. The van der Waals surface area contributed by atoms with Gasteiger partial charge in [0.1, 0.15) is 0 Å². The number of fused-ring (bicyclic) bond motifs is 1. The Bertz CT molecular complexity index is 696. The number of aromatic nitrogens is 1. The number of amides is 1. The van der Waals surface area contributed by atoms with Gasteiger partial charge in [-0.2, -0.15) is 0 Å². The fourth-order valence-electron chi connectivity index (χ4n) is 1.63. The molecule has 2 aromatic rings. The van der Waals surface area contributed by atoms with E-state index in [0.29, 0.717) is 10.9 Å². The molecule has 0 fully saturated rings. The predicted octanol–water partition coefficient (Wildman–Crippen LogP) is 0.956. The smallest absolute Gasteiger partial charge is 0.394 e. The van der Waals surface area contributed by atoms with E-state index < -0.39 is 17.8 Å². The molecule has 96 valence electrons. The number of aromatic carboxylic acids is 1. The van der Waals surface area contributed by atoms with Gasteiger partial charge < -0.3 is 15.5 Å². The maximum Gasteiger partial charge on any atom is 0.394 e. The molecule has 0 aliphatic carbocycles. The summed E-state index contributed by atoms with van der Waals surface area (Å²) in [5.41, 5.74) is 0.175. The molecule has 1 heterocycles. The van der Waals surface area contributed by atoms with E-state index in [-0.39, 0.29) is 11.3 Å². The molecular weight excluding hydrogens is 252 g/mol. The Morgan fingerprint density at radius 2 is 1.84 bits per heavy atom. The van der Waals surface area contributed by atoms with Crippen molar-refractivity contribution in [1.29, 1.82) is 0 Å². The molecule has 1 amide bonds. The molecule has 2 rings (SSSR count). The molecule has 7 nitrogen and oxygen atoms in total. The molecule has 19 heavy (non-hydrogen) atoms. The van der Waals surface area contributed by atoms with Crippen molar-refractivity contribution in [3.63, 3.8) is 0 Å². The van der Waals surface area contributed by atoms with Gasteiger partial charge in [-0.1, -0.05) is 0 Å². The van der Waals surface area contributed by atoms with Crippen LogP contribution in [0.4, 0.5) is 5.69 Å². The molecule has 0 unspecified atom stereocenters. The average Bonchev–Trinajstić information content (AvgIpc) is 2.38. The highest BCUT2D eigenvalue weighted by atomic mass is 16.4. The number of aliphatic carboxylic acids is 1. The molecule has 0 radical (unpaired) electrons. The standard InChI is InChI=1S/C12H8N2O5/c15-10(12(18)19)14-9-6-2-1-5-13-8(6)4-3-7(9)11(16)17/h1-5H,(H,14,15)(H,16,17)(H,18,19). The molecule has 0 aliphatic heterocycles. The number of hydrogen-bond acceptors (Lipinski definition) is 4. The van der Waals surface area contributed by atoms with Crippen molar-refractivity contribution in [2.75, 3.05) is 5.32 Å². The summed E-state index contributed by atoms with van der Waals surface area (Å²) in [7, 11) is 0. The van der Waals surface area contributed by atoms with Crippen LogP contribution in [-0.2, 0) is 9.59 Å². The molecule has 3 N–H and O–H groups in total. The van der Waals surface area contributed by atoms with Crippen LogP contribution in [0.25, 0.3) is 10.9 Å². The van der Waals surface area contributed by atoms with Crippen molar-refractivity contribution < 1.29 is 24.6 Å². The number of nitrogens with one attached hydrogen (secondary N) is 1. The molecule has 0 spiro atoms. The van der Waals surface area contributed by atoms with E-state index in [0.717, 1.165) is 0 Å². The molecule has 1 aromatic heterocycles. The minimum absolute atomic E-state index is 0.0782. The van der Waals surface area contributed by atoms with Crippen LogP contribution >= 0.6 is 0 Å². The summed E-state index contributed by atoms with van der Waals surface area (Å²) in [5, 5.41) is 20.1. The fraction of sp³-hybridized carbons (Fsp3) is 0. The number of benzene rings is 1. The first kappa shape index (κ1) is 12.5. The van der Waals surface area contributed by atoms with Gasteiger partial charge in [-0.25, -0.2) is 9.59 Å². The van der Waals surface area contributed by atoms with Gasteiger partial charge in [-0.05, 0) is 24.3 Å². The van der Waals surface area contributed by atoms with E-state index in [9.17, 15) is 14.4 Å². The third-order valence-electron chi connectivity index (χ3n) is 2.45. The summed E-state index contributed by atoms with van der Waals surface area (Å²) >= 11 is 0. The van der Waals surface area contributed by atoms with Crippen molar-refractivity contribution >= 4 is 34.4 Å². The normalized spacial score (nSPS) is 10.1. The van der Waals surface area contributed by atoms with E-state index in [2.05, 4.69) is 10.3 Å². The quantitative estimate of drug-likeness (QED) is 0.692. The first-order valence-corrected chi connectivity index (χ1v) is 5.16. The summed E-state index contributed by atoms with van der Waals surface area (Å²) in [6.45, 7) is 0. The van der Waals surface area contributed by atoms with Gasteiger partial charge in [-0.15, -0.1) is 0 Å². The van der Waals surface area contributed by atoms with E-state index >= 15 is 0 Å². The Kier molecular flexibility index (Phi) is 3.11. The third-order valence-corrected chi connectivity index (χ3v) is 2.45. The lowest BCUT2D eigenvalue weighted by atomic mass is 10.1. The van der Waals surface area contributed by atoms with Gasteiger partial charge in [0.05, 0.1) is 16.8 Å². The van der Waals surface area contributed by atoms with Crippen LogP contribution in [0.1, 0.15) is 10.4 Å². The second kappa shape index (κ2) is 4.73. The summed E-state index contributed by atoms with van der Waals surface area (Å²) in [5.74, 6) is -4.28. The zero-order valence-electron chi connectivity index (χ0n) is 9.45. The van der Waals surface area contributed by atoms with E-state index in [1.165, 1.54) is 18.3 Å². The number of carbonyl (C=O) groups is 3. The Balaban J connectivity index is 2.65. The van der Waals surface area contributed by atoms with Crippen LogP contribution in [0, 0.1) is 0 Å². The van der Waals surface area contributed by atoms with Gasteiger partial charge >= 0.3 is 17.8 Å². The molecule has 0 saturated carbocycles. The van der Waals surface area contributed by atoms with Crippen LogP contribution in [0.2, 0.25) is 0 Å². The zero-order chi connectivity index (χ0) is 14.0. The van der Waals surface area contributed by atoms with Crippen molar-refractivity contribution in [2.24, 2.45) is 0 Å². The third kappa shape index (κ3) is 2.34. The maximum absolute atomic E-state index is 11.2. The van der Waals surface area contributed by atoms with Crippen molar-refractivity contribution in [1.82, 2.24) is 4.98 Å². The van der Waals surface area contributed by atoms with Gasteiger partial charge in [0.25, 0.3) is 0 Å². The largest absolute Gasteiger partial charge is 0.478 e. The fourth-order valence-corrected chi connectivity index (χ4v) is 1.63. The first-order valence-electron chi connectivity index (χ1n) is 5.16. The van der Waals surface area contributed by atoms with E-state index in [1.54, 1.807) is 12.1 Å². The van der Waals surface area contributed by atoms with Gasteiger partial charge in [-0.3, -0.25) is 9.78 Å². The monoisotopic (exact) mass is 260 g/mol. The summed E-state index contributed by atoms with van der Waals surface area (Å²) in [4.78, 5) is 36.9. The van der Waals surface area contributed by atoms with Crippen molar-refractivity contribution in [3.8, 4) is 0 Å². The topological polar surface area (TPSA) is 117 Å². The number of carbonyl (C=O) groups excluding carboxylic acids is 1. The Morgan fingerprint density at radius 1 is 1.11 bits per heavy atom. The lowest BCUT2D eigenvalue weighted by Gasteiger charge is -2.09. The number of anilines is 1. The summed E-state index contributed by atoms with van der Waals surface area (Å²) < 4.78 is 0. The molecule has 0 aliphatic rings. The molecule has 0 bridgehead atoms. The van der Waals surface area contributed by atoms with Gasteiger partial charge in [0.2, 0.25) is 0 Å². The molecule has 1 aromatic carbocycles. The number of carboxylic acid groups (broad SMARTS) is 2. The maximum atomic E-state index is 11.2. The Morgan fingerprint density at radius 3 is 2.47 bits per heavy atom. The van der Waals surface area contributed by atoms with Gasteiger partial charge in [0.15, 0.2) is 0 Å². The molecule has 0 saturated heterocycles. The highest BCUT2D eigenvalue weighted by molar-refractivity contribution is 6.37. The molecule has 0 atom stereocenters. The lowest BCUT2D eigenvalue weighted by Crippen LogP contribution is -2.23. The van der Waals surface area contributed by atoms with Crippen LogP contribution in [-0.4, -0.2) is 33.0 Å². The van der Waals surface area contributed by atoms with E-state index in [4.69, 9.17) is 10.2 Å². The lowest BCUT2D eigenvalue weighted by molar-refractivity contribution is -0.147. The minimum atomic E-state index is -1.70. The molecule has 7 heteroatoms. The second-order valence-corrected chi connectivity index (χ2v) is 3.62. The van der Waals surface area contributed by atoms with Crippen LogP contribution < -0.4 is 5.32 Å². The summed E-state index contributed by atoms with van der Waals surface area (Å²) in [6.07, 6.45) is 1.51. The number of carboxylic acids is 2. The Labute approximate surface area is 106 Å². The number of hydrogen-bond donors (Lipinski definition) is 3. The first-order chi connectivity index (χ1) is 9.00. The van der Waals surface area contributed by atoms with Crippen molar-refractivity contribution in [3.05, 3.63) is 36.0 Å². The predicted molar refractivity (Wildman–Crippen MR) is 65.0 cm³/mol. The Hall–Kier alpha value is -2.96. The van der Waals surface area contributed by atoms with Crippen molar-refractivity contribution in [2.45, 2.75) is 0 Å². The number of nitrogens with zero attached hydrogens (tertiary/aromatic N) is 1. The molecular formula is C12H8N2O5. The van der Waals surface area contributed by atoms with Crippen LogP contribution in [0.3, 0.4) is 0 Å². The van der Waals surface area contributed by atoms with Crippen LogP contribution in [0.15, 0.2) is 30.5 Å². The minimum Gasteiger partial charge on any atom is -0.478 e. The summed E-state index contributed by atoms with van der Waals surface area (Å²) in [6, 6.07) is 5.85. The van der Waals surface area contributed by atoms with Crippen LogP contribution in [0.5, 0.6) is 0 Å². The highest BCUT2D eigenvalue weighted by Crippen LogP contribution is 2.26. The van der Waals surface area contributed by atoms with E-state index in [1.807, 2.05) is 0 Å². The SMILES string of the molecule is O=C(O)C(=O)Nc1c(C(=O)O)ccc2ncccc12. The second-order valence-electron chi connectivity index (χ2n) is 3.62. The highest BCUT2D eigenvalue weighted by Gasteiger charge is 2.19.